The van der Waals surface area contributed by atoms with Gasteiger partial charge < -0.3 is 9.94 Å². The topological polar surface area (TPSA) is 41.8 Å². The average molecular weight is 319 g/mol. The van der Waals surface area contributed by atoms with Gasteiger partial charge in [0.1, 0.15) is 7.11 Å². The van der Waals surface area contributed by atoms with E-state index in [2.05, 4.69) is 35.1 Å². The summed E-state index contributed by atoms with van der Waals surface area (Å²) in [7, 11) is 1.53. The maximum atomic E-state index is 9.74. The Bertz CT molecular complexity index is 381. The number of oxime groups is 1. The Hall–Kier alpha value is -1.61. The van der Waals surface area contributed by atoms with E-state index in [1.54, 1.807) is 6.21 Å². The summed E-state index contributed by atoms with van der Waals surface area (Å²) in [4.78, 5) is 4.57. The molecule has 0 radical (unpaired) electrons. The van der Waals surface area contributed by atoms with Gasteiger partial charge in [0.2, 0.25) is 0 Å². The smallest absolute Gasteiger partial charge is 0.106 e. The van der Waals surface area contributed by atoms with Crippen molar-refractivity contribution in [2.24, 2.45) is 5.16 Å². The predicted molar refractivity (Wildman–Crippen MR) is 101 cm³/mol. The molecule has 0 saturated carbocycles. The van der Waals surface area contributed by atoms with Crippen LogP contribution in [-0.4, -0.2) is 24.5 Å². The Labute approximate surface area is 142 Å². The molecule has 0 aromatic heterocycles. The predicted octanol–water partition coefficient (Wildman–Crippen LogP) is 5.35. The van der Waals surface area contributed by atoms with Crippen molar-refractivity contribution in [2.45, 2.75) is 64.4 Å². The van der Waals surface area contributed by atoms with Crippen LogP contribution in [0.3, 0.4) is 0 Å². The van der Waals surface area contributed by atoms with Crippen molar-refractivity contribution < 1.29 is 9.94 Å². The standard InChI is InChI=1S/C20H33NO2/c1-3-4-5-6-7-8-9-10-11-12-13-14-17-20(22)18-15-16-19-21-23-2/h7-8,10-14,17,19-20,22H,3-6,9,15-16,18H2,1-2H3/b8-7-,11-10-,13-12+,17-14+,21-19+. The number of nitrogens with zero attached hydrogens (tertiary/aromatic N) is 1. The van der Waals surface area contributed by atoms with Crippen molar-refractivity contribution >= 4 is 6.21 Å². The molecule has 0 fully saturated rings. The van der Waals surface area contributed by atoms with Gasteiger partial charge in [-0.25, -0.2) is 0 Å². The number of hydrogen-bond acceptors (Lipinski definition) is 3. The minimum absolute atomic E-state index is 0.398. The Morgan fingerprint density at radius 3 is 2.57 bits per heavy atom. The van der Waals surface area contributed by atoms with Crippen molar-refractivity contribution in [1.29, 1.82) is 0 Å². The zero-order valence-electron chi connectivity index (χ0n) is 14.7. The summed E-state index contributed by atoms with van der Waals surface area (Å²) in [5.41, 5.74) is 0. The second kappa shape index (κ2) is 18.4. The van der Waals surface area contributed by atoms with E-state index < -0.39 is 6.10 Å². The van der Waals surface area contributed by atoms with E-state index in [0.717, 1.165) is 25.7 Å². The molecule has 130 valence electrons. The van der Waals surface area contributed by atoms with E-state index in [4.69, 9.17) is 0 Å². The van der Waals surface area contributed by atoms with E-state index in [1.807, 2.05) is 30.4 Å². The summed E-state index contributed by atoms with van der Waals surface area (Å²) >= 11 is 0. The number of hydrogen-bond donors (Lipinski definition) is 1. The minimum atomic E-state index is -0.398. The van der Waals surface area contributed by atoms with Gasteiger partial charge >= 0.3 is 0 Å². The lowest BCUT2D eigenvalue weighted by Gasteiger charge is -2.02. The molecular formula is C20H33NO2. The summed E-state index contributed by atoms with van der Waals surface area (Å²) in [5, 5.41) is 13.4. The Morgan fingerprint density at radius 1 is 0.957 bits per heavy atom. The zero-order valence-corrected chi connectivity index (χ0v) is 14.7. The van der Waals surface area contributed by atoms with Gasteiger partial charge in [-0.2, -0.15) is 0 Å². The molecule has 0 aromatic carbocycles. The lowest BCUT2D eigenvalue weighted by atomic mass is 10.1. The molecule has 0 aliphatic heterocycles. The third kappa shape index (κ3) is 18.3. The summed E-state index contributed by atoms with van der Waals surface area (Å²) in [6.07, 6.45) is 26.1. The van der Waals surface area contributed by atoms with E-state index in [9.17, 15) is 5.11 Å². The highest BCUT2D eigenvalue weighted by molar-refractivity contribution is 5.56. The minimum Gasteiger partial charge on any atom is -0.399 e. The van der Waals surface area contributed by atoms with Crippen LogP contribution in [0.15, 0.2) is 53.8 Å². The van der Waals surface area contributed by atoms with Crippen molar-refractivity contribution in [3.8, 4) is 0 Å². The maximum Gasteiger partial charge on any atom is 0.106 e. The van der Waals surface area contributed by atoms with Crippen molar-refractivity contribution in [1.82, 2.24) is 0 Å². The Balaban J connectivity index is 3.63. The van der Waals surface area contributed by atoms with Gasteiger partial charge in [0.05, 0.1) is 6.10 Å². The highest BCUT2D eigenvalue weighted by Gasteiger charge is 1.96. The van der Waals surface area contributed by atoms with Gasteiger partial charge in [0, 0.05) is 6.21 Å². The Morgan fingerprint density at radius 2 is 1.78 bits per heavy atom. The molecule has 0 aliphatic carbocycles. The fourth-order valence-electron chi connectivity index (χ4n) is 1.92. The van der Waals surface area contributed by atoms with Gasteiger partial charge in [0.25, 0.3) is 0 Å². The first kappa shape index (κ1) is 21.4. The van der Waals surface area contributed by atoms with Gasteiger partial charge in [-0.3, -0.25) is 0 Å². The summed E-state index contributed by atoms with van der Waals surface area (Å²) in [5.74, 6) is 0. The molecule has 1 atom stereocenters. The molecular weight excluding hydrogens is 286 g/mol. The third-order valence-electron chi connectivity index (χ3n) is 3.23. The molecule has 0 saturated heterocycles. The fraction of sp³-hybridized carbons (Fsp3) is 0.550. The first-order valence-corrected chi connectivity index (χ1v) is 8.69. The molecule has 0 heterocycles. The maximum absolute atomic E-state index is 9.74. The average Bonchev–Trinajstić information content (AvgIpc) is 2.55. The normalized spacial score (nSPS) is 14.2. The van der Waals surface area contributed by atoms with Crippen LogP contribution in [0.2, 0.25) is 0 Å². The van der Waals surface area contributed by atoms with E-state index in [-0.39, 0.29) is 0 Å². The molecule has 3 nitrogen and oxygen atoms in total. The molecule has 0 amide bonds. The van der Waals surface area contributed by atoms with Gasteiger partial charge in [-0.1, -0.05) is 73.5 Å². The van der Waals surface area contributed by atoms with Crippen LogP contribution in [0.5, 0.6) is 0 Å². The molecule has 0 rings (SSSR count). The molecule has 0 aromatic rings. The molecule has 1 unspecified atom stereocenters. The van der Waals surface area contributed by atoms with Crippen molar-refractivity contribution in [3.63, 3.8) is 0 Å². The van der Waals surface area contributed by atoms with Crippen LogP contribution in [0.1, 0.15) is 58.3 Å². The van der Waals surface area contributed by atoms with Gasteiger partial charge in [0.15, 0.2) is 0 Å². The SMILES string of the molecule is CCCCC/C=C\C\C=C/C=C/C=C/C(O)CCC/C=N/OC. The highest BCUT2D eigenvalue weighted by Crippen LogP contribution is 2.02. The molecule has 0 spiro atoms. The first-order chi connectivity index (χ1) is 11.3. The number of unbranched alkanes of at least 4 members (excludes halogenated alkanes) is 4. The van der Waals surface area contributed by atoms with Gasteiger partial charge in [-0.15, -0.1) is 0 Å². The lowest BCUT2D eigenvalue weighted by Crippen LogP contribution is -2.01. The second-order valence-electron chi connectivity index (χ2n) is 5.37. The van der Waals surface area contributed by atoms with Crippen LogP contribution in [-0.2, 0) is 4.84 Å². The number of aliphatic hydroxyl groups is 1. The van der Waals surface area contributed by atoms with Crippen LogP contribution in [0, 0.1) is 0 Å². The quantitative estimate of drug-likeness (QED) is 0.154. The second-order valence-corrected chi connectivity index (χ2v) is 5.37. The van der Waals surface area contributed by atoms with E-state index >= 15 is 0 Å². The molecule has 23 heavy (non-hydrogen) atoms. The van der Waals surface area contributed by atoms with Gasteiger partial charge in [-0.05, 0) is 38.5 Å². The summed E-state index contributed by atoms with van der Waals surface area (Å²) in [6, 6.07) is 0. The lowest BCUT2D eigenvalue weighted by molar-refractivity contribution is 0.207. The highest BCUT2D eigenvalue weighted by atomic mass is 16.6. The molecule has 0 bridgehead atoms. The van der Waals surface area contributed by atoms with Crippen LogP contribution in [0.4, 0.5) is 0 Å². The number of rotatable bonds is 14. The van der Waals surface area contributed by atoms with Crippen molar-refractivity contribution in [2.75, 3.05) is 7.11 Å². The molecule has 0 aliphatic rings. The third-order valence-corrected chi connectivity index (χ3v) is 3.23. The summed E-state index contributed by atoms with van der Waals surface area (Å²) in [6.45, 7) is 2.23. The number of allylic oxidation sites excluding steroid dienone is 7. The van der Waals surface area contributed by atoms with E-state index in [0.29, 0.717) is 0 Å². The monoisotopic (exact) mass is 319 g/mol. The van der Waals surface area contributed by atoms with Crippen LogP contribution < -0.4 is 0 Å². The van der Waals surface area contributed by atoms with Crippen molar-refractivity contribution in [3.05, 3.63) is 48.6 Å². The fourth-order valence-corrected chi connectivity index (χ4v) is 1.92. The number of aliphatic hydroxyl groups excluding tert-OH is 1. The Kier molecular flexibility index (Phi) is 17.1. The molecule has 3 heteroatoms. The summed E-state index contributed by atoms with van der Waals surface area (Å²) < 4.78 is 0. The van der Waals surface area contributed by atoms with Crippen LogP contribution >= 0.6 is 0 Å². The molecule has 1 N–H and O–H groups in total. The van der Waals surface area contributed by atoms with E-state index in [1.165, 1.54) is 32.8 Å². The largest absolute Gasteiger partial charge is 0.399 e. The zero-order chi connectivity index (χ0) is 17.0. The first-order valence-electron chi connectivity index (χ1n) is 8.69. The van der Waals surface area contributed by atoms with Crippen LogP contribution in [0.25, 0.3) is 0 Å².